The number of nitrogens with zero attached hydrogens (tertiary/aromatic N) is 1. The molecule has 1 aliphatic heterocycles. The van der Waals surface area contributed by atoms with Crippen LogP contribution in [0.4, 0.5) is 5.69 Å². The minimum Gasteiger partial charge on any atom is -0.497 e. The topological polar surface area (TPSA) is 67.9 Å². The molecule has 2 amide bonds. The lowest BCUT2D eigenvalue weighted by molar-refractivity contribution is -0.116. The average Bonchev–Trinajstić information content (AvgIpc) is 2.72. The van der Waals surface area contributed by atoms with Crippen LogP contribution in [0, 0.1) is 0 Å². The van der Waals surface area contributed by atoms with E-state index in [4.69, 9.17) is 21.1 Å². The first kappa shape index (κ1) is 18.5. The zero-order valence-electron chi connectivity index (χ0n) is 14.1. The number of fused-ring (bicyclic) bond motifs is 1. The second-order valence-electron chi connectivity index (χ2n) is 5.74. The highest BCUT2D eigenvalue weighted by Gasteiger charge is 2.28. The van der Waals surface area contributed by atoms with Crippen molar-refractivity contribution in [2.75, 3.05) is 26.1 Å². The maximum Gasteiger partial charge on any atom is 0.256 e. The molecule has 26 heavy (non-hydrogen) atoms. The first-order valence-electron chi connectivity index (χ1n) is 7.71. The van der Waals surface area contributed by atoms with Gasteiger partial charge in [-0.2, -0.15) is 0 Å². The van der Waals surface area contributed by atoms with Crippen LogP contribution in [0.2, 0.25) is 5.02 Å². The minimum atomic E-state index is -0.289. The van der Waals surface area contributed by atoms with Crippen molar-refractivity contribution < 1.29 is 19.1 Å². The summed E-state index contributed by atoms with van der Waals surface area (Å²) in [7, 11) is 3.11. The SMILES string of the molecule is COc1cc(CN2CC(=O)Nc3c(Br)cc(Cl)cc3C2=O)cc(OC)c1. The van der Waals surface area contributed by atoms with Gasteiger partial charge in [0.1, 0.15) is 18.0 Å². The van der Waals surface area contributed by atoms with Gasteiger partial charge in [-0.05, 0) is 45.8 Å². The van der Waals surface area contributed by atoms with Gasteiger partial charge in [0.05, 0.1) is 25.5 Å². The first-order valence-corrected chi connectivity index (χ1v) is 8.88. The number of carbonyl (C=O) groups is 2. The highest BCUT2D eigenvalue weighted by atomic mass is 79.9. The van der Waals surface area contributed by atoms with Crippen molar-refractivity contribution in [1.82, 2.24) is 4.90 Å². The summed E-state index contributed by atoms with van der Waals surface area (Å²) < 4.78 is 11.1. The predicted octanol–water partition coefficient (Wildman–Crippen LogP) is 3.71. The molecule has 0 saturated carbocycles. The third-order valence-corrected chi connectivity index (χ3v) is 4.80. The lowest BCUT2D eigenvalue weighted by Crippen LogP contribution is -2.34. The number of amides is 2. The van der Waals surface area contributed by atoms with Gasteiger partial charge in [0.15, 0.2) is 0 Å². The van der Waals surface area contributed by atoms with Gasteiger partial charge < -0.3 is 19.7 Å². The summed E-state index contributed by atoms with van der Waals surface area (Å²) in [6.07, 6.45) is 0. The van der Waals surface area contributed by atoms with Crippen LogP contribution in [0.5, 0.6) is 11.5 Å². The van der Waals surface area contributed by atoms with Crippen molar-refractivity contribution >= 4 is 45.0 Å². The molecule has 0 saturated heterocycles. The predicted molar refractivity (Wildman–Crippen MR) is 102 cm³/mol. The van der Waals surface area contributed by atoms with E-state index in [1.54, 1.807) is 44.6 Å². The van der Waals surface area contributed by atoms with Crippen molar-refractivity contribution in [2.45, 2.75) is 6.54 Å². The Hall–Kier alpha value is -2.25. The number of nitrogens with one attached hydrogen (secondary N) is 1. The quantitative estimate of drug-likeness (QED) is 0.788. The number of halogens is 2. The van der Waals surface area contributed by atoms with Gasteiger partial charge in [-0.1, -0.05) is 11.6 Å². The number of anilines is 1. The van der Waals surface area contributed by atoms with Gasteiger partial charge in [-0.15, -0.1) is 0 Å². The van der Waals surface area contributed by atoms with Gasteiger partial charge in [0.2, 0.25) is 5.91 Å². The lowest BCUT2D eigenvalue weighted by Gasteiger charge is -2.20. The molecule has 0 radical (unpaired) electrons. The number of methoxy groups -OCH3 is 2. The molecular formula is C18H16BrClN2O4. The summed E-state index contributed by atoms with van der Waals surface area (Å²) in [6, 6.07) is 8.53. The minimum absolute atomic E-state index is 0.0723. The zero-order valence-corrected chi connectivity index (χ0v) is 16.5. The standard InChI is InChI=1S/C18H16BrClN2O4/c1-25-12-3-10(4-13(7-12)26-2)8-22-9-16(23)21-17-14(18(22)24)5-11(20)6-15(17)19/h3-7H,8-9H2,1-2H3,(H,21,23). The van der Waals surface area contributed by atoms with Gasteiger partial charge in [0, 0.05) is 22.1 Å². The number of rotatable bonds is 4. The highest BCUT2D eigenvalue weighted by molar-refractivity contribution is 9.10. The van der Waals surface area contributed by atoms with E-state index in [0.717, 1.165) is 5.56 Å². The Bertz CT molecular complexity index is 865. The Balaban J connectivity index is 1.98. The van der Waals surface area contributed by atoms with Crippen LogP contribution in [-0.2, 0) is 11.3 Å². The van der Waals surface area contributed by atoms with E-state index >= 15 is 0 Å². The second-order valence-corrected chi connectivity index (χ2v) is 7.03. The maximum absolute atomic E-state index is 13.0. The lowest BCUT2D eigenvalue weighted by atomic mass is 10.1. The van der Waals surface area contributed by atoms with Gasteiger partial charge >= 0.3 is 0 Å². The fourth-order valence-electron chi connectivity index (χ4n) is 2.77. The molecule has 6 nitrogen and oxygen atoms in total. The molecule has 0 fully saturated rings. The molecule has 0 aromatic heterocycles. The third kappa shape index (κ3) is 3.78. The summed E-state index contributed by atoms with van der Waals surface area (Å²) in [5.74, 6) is 0.646. The van der Waals surface area contributed by atoms with Crippen molar-refractivity contribution in [3.63, 3.8) is 0 Å². The molecule has 2 aromatic rings. The molecule has 1 heterocycles. The van der Waals surface area contributed by atoms with E-state index in [1.165, 1.54) is 4.90 Å². The molecule has 0 bridgehead atoms. The molecule has 0 spiro atoms. The van der Waals surface area contributed by atoms with E-state index in [-0.39, 0.29) is 24.9 Å². The molecule has 1 N–H and O–H groups in total. The summed E-state index contributed by atoms with van der Waals surface area (Å²) in [5, 5.41) is 3.16. The fraction of sp³-hybridized carbons (Fsp3) is 0.222. The van der Waals surface area contributed by atoms with E-state index in [9.17, 15) is 9.59 Å². The fourth-order valence-corrected chi connectivity index (χ4v) is 3.68. The van der Waals surface area contributed by atoms with E-state index < -0.39 is 0 Å². The number of hydrogen-bond donors (Lipinski definition) is 1. The Kier molecular flexibility index (Phi) is 5.38. The molecule has 1 aliphatic rings. The summed E-state index contributed by atoms with van der Waals surface area (Å²) in [4.78, 5) is 26.7. The Morgan fingerprint density at radius 2 is 1.77 bits per heavy atom. The summed E-state index contributed by atoms with van der Waals surface area (Å²) >= 11 is 9.42. The summed E-state index contributed by atoms with van der Waals surface area (Å²) in [6.45, 7) is 0.153. The number of ether oxygens (including phenoxy) is 2. The molecule has 0 unspecified atom stereocenters. The van der Waals surface area contributed by atoms with Gasteiger partial charge in [-0.25, -0.2) is 0 Å². The summed E-state index contributed by atoms with van der Waals surface area (Å²) in [5.41, 5.74) is 1.55. The van der Waals surface area contributed by atoms with Crippen LogP contribution < -0.4 is 14.8 Å². The van der Waals surface area contributed by atoms with Crippen LogP contribution in [0.25, 0.3) is 0 Å². The molecule has 0 atom stereocenters. The Morgan fingerprint density at radius 1 is 1.12 bits per heavy atom. The molecule has 8 heteroatoms. The first-order chi connectivity index (χ1) is 12.4. The van der Waals surface area contributed by atoms with Crippen LogP contribution in [0.1, 0.15) is 15.9 Å². The van der Waals surface area contributed by atoms with E-state index in [0.29, 0.717) is 32.2 Å². The largest absolute Gasteiger partial charge is 0.497 e. The van der Waals surface area contributed by atoms with Gasteiger partial charge in [-0.3, -0.25) is 9.59 Å². The number of benzene rings is 2. The van der Waals surface area contributed by atoms with Crippen LogP contribution >= 0.6 is 27.5 Å². The van der Waals surface area contributed by atoms with Crippen molar-refractivity contribution in [2.24, 2.45) is 0 Å². The molecule has 3 rings (SSSR count). The third-order valence-electron chi connectivity index (χ3n) is 3.96. The van der Waals surface area contributed by atoms with Crippen LogP contribution in [0.3, 0.4) is 0 Å². The Morgan fingerprint density at radius 3 is 2.38 bits per heavy atom. The maximum atomic E-state index is 13.0. The van der Waals surface area contributed by atoms with Crippen molar-refractivity contribution in [1.29, 1.82) is 0 Å². The van der Waals surface area contributed by atoms with Gasteiger partial charge in [0.25, 0.3) is 5.91 Å². The normalized spacial score (nSPS) is 13.8. The highest BCUT2D eigenvalue weighted by Crippen LogP contribution is 2.33. The van der Waals surface area contributed by atoms with Crippen LogP contribution in [0.15, 0.2) is 34.8 Å². The monoisotopic (exact) mass is 438 g/mol. The smallest absolute Gasteiger partial charge is 0.256 e. The van der Waals surface area contributed by atoms with Crippen molar-refractivity contribution in [3.05, 3.63) is 51.0 Å². The average molecular weight is 440 g/mol. The molecular weight excluding hydrogens is 424 g/mol. The molecule has 2 aromatic carbocycles. The zero-order chi connectivity index (χ0) is 18.8. The molecule has 136 valence electrons. The van der Waals surface area contributed by atoms with Crippen LogP contribution in [-0.4, -0.2) is 37.5 Å². The number of carbonyl (C=O) groups excluding carboxylic acids is 2. The molecule has 0 aliphatic carbocycles. The van der Waals surface area contributed by atoms with E-state index in [2.05, 4.69) is 21.2 Å². The number of hydrogen-bond acceptors (Lipinski definition) is 4. The van der Waals surface area contributed by atoms with Crippen molar-refractivity contribution in [3.8, 4) is 11.5 Å². The Labute approximate surface area is 164 Å². The second kappa shape index (κ2) is 7.55. The van der Waals surface area contributed by atoms with E-state index in [1.807, 2.05) is 0 Å².